The molecule has 1 N–H and O–H groups in total. The average molecular weight is 203 g/mol. The second-order valence-electron chi connectivity index (χ2n) is 5.06. The fraction of sp³-hybridized carbons (Fsp3) is 0.571. The molecule has 0 amide bonds. The Morgan fingerprint density at radius 3 is 2.47 bits per heavy atom. The lowest BCUT2D eigenvalue weighted by Crippen LogP contribution is -2.41. The lowest BCUT2D eigenvalue weighted by Gasteiger charge is -2.32. The number of hydrogen-bond acceptors (Lipinski definition) is 1. The van der Waals surface area contributed by atoms with Gasteiger partial charge in [0.2, 0.25) is 0 Å². The fourth-order valence-corrected chi connectivity index (χ4v) is 2.32. The van der Waals surface area contributed by atoms with Crippen molar-refractivity contribution in [3.63, 3.8) is 0 Å². The second kappa shape index (κ2) is 4.36. The smallest absolute Gasteiger partial charge is 0.0211 e. The molecule has 2 rings (SSSR count). The Morgan fingerprint density at radius 1 is 1.13 bits per heavy atom. The van der Waals surface area contributed by atoms with E-state index in [9.17, 15) is 0 Å². The van der Waals surface area contributed by atoms with Crippen molar-refractivity contribution in [2.24, 2.45) is 11.8 Å². The zero-order valence-electron chi connectivity index (χ0n) is 9.96. The van der Waals surface area contributed by atoms with Crippen LogP contribution in [-0.4, -0.2) is 6.04 Å². The molecular weight excluding hydrogens is 182 g/mol. The molecule has 82 valence electrons. The first-order valence-corrected chi connectivity index (χ1v) is 5.98. The summed E-state index contributed by atoms with van der Waals surface area (Å²) in [4.78, 5) is 0. The van der Waals surface area contributed by atoms with Crippen LogP contribution in [0.5, 0.6) is 0 Å². The number of rotatable bonds is 2. The molecule has 1 heteroatoms. The minimum atomic E-state index is 0.653. The van der Waals surface area contributed by atoms with Gasteiger partial charge in [-0.3, -0.25) is 0 Å². The normalized spacial score (nSPS) is 22.5. The summed E-state index contributed by atoms with van der Waals surface area (Å²) in [6.45, 7) is 8.02. The molecule has 1 aromatic rings. The van der Waals surface area contributed by atoms with Crippen LogP contribution in [0, 0.1) is 11.8 Å². The van der Waals surface area contributed by atoms with Crippen LogP contribution in [0.1, 0.15) is 31.9 Å². The summed E-state index contributed by atoms with van der Waals surface area (Å²) in [6.07, 6.45) is 1.19. The van der Waals surface area contributed by atoms with E-state index in [0.29, 0.717) is 6.04 Å². The van der Waals surface area contributed by atoms with E-state index in [1.807, 2.05) is 0 Å². The highest BCUT2D eigenvalue weighted by Crippen LogP contribution is 2.23. The number of fused-ring (bicyclic) bond motifs is 1. The SMILES string of the molecule is CC(C)C(C)C1Cc2ccccc2CN1. The topological polar surface area (TPSA) is 12.0 Å². The van der Waals surface area contributed by atoms with Crippen molar-refractivity contribution in [1.29, 1.82) is 0 Å². The van der Waals surface area contributed by atoms with E-state index in [0.717, 1.165) is 18.4 Å². The summed E-state index contributed by atoms with van der Waals surface area (Å²) in [5.41, 5.74) is 3.01. The lowest BCUT2D eigenvalue weighted by atomic mass is 9.83. The zero-order chi connectivity index (χ0) is 10.8. The van der Waals surface area contributed by atoms with E-state index in [4.69, 9.17) is 0 Å². The molecule has 0 aromatic heterocycles. The molecule has 0 saturated heterocycles. The Kier molecular flexibility index (Phi) is 3.11. The van der Waals surface area contributed by atoms with Crippen LogP contribution in [-0.2, 0) is 13.0 Å². The summed E-state index contributed by atoms with van der Waals surface area (Å²) in [7, 11) is 0. The number of hydrogen-bond donors (Lipinski definition) is 1. The van der Waals surface area contributed by atoms with Gasteiger partial charge >= 0.3 is 0 Å². The molecule has 1 nitrogen and oxygen atoms in total. The molecule has 1 heterocycles. The van der Waals surface area contributed by atoms with Crippen molar-refractivity contribution in [2.45, 2.75) is 39.8 Å². The lowest BCUT2D eigenvalue weighted by molar-refractivity contribution is 0.285. The molecule has 0 saturated carbocycles. The van der Waals surface area contributed by atoms with Crippen molar-refractivity contribution in [2.75, 3.05) is 0 Å². The minimum Gasteiger partial charge on any atom is -0.309 e. The van der Waals surface area contributed by atoms with E-state index < -0.39 is 0 Å². The standard InChI is InChI=1S/C14H21N/c1-10(2)11(3)14-8-12-6-4-5-7-13(12)9-15-14/h4-7,10-11,14-15H,8-9H2,1-3H3. The number of nitrogens with one attached hydrogen (secondary N) is 1. The van der Waals surface area contributed by atoms with Crippen LogP contribution in [0.15, 0.2) is 24.3 Å². The van der Waals surface area contributed by atoms with Gasteiger partial charge in [-0.2, -0.15) is 0 Å². The molecule has 0 bridgehead atoms. The van der Waals surface area contributed by atoms with Gasteiger partial charge in [0.1, 0.15) is 0 Å². The first kappa shape index (κ1) is 10.7. The molecule has 2 unspecified atom stereocenters. The van der Waals surface area contributed by atoms with Gasteiger partial charge in [-0.25, -0.2) is 0 Å². The fourth-order valence-electron chi connectivity index (χ4n) is 2.32. The first-order chi connectivity index (χ1) is 7.18. The van der Waals surface area contributed by atoms with Gasteiger partial charge < -0.3 is 5.32 Å². The first-order valence-electron chi connectivity index (χ1n) is 5.98. The van der Waals surface area contributed by atoms with Crippen molar-refractivity contribution in [3.05, 3.63) is 35.4 Å². The minimum absolute atomic E-state index is 0.653. The van der Waals surface area contributed by atoms with Crippen molar-refractivity contribution >= 4 is 0 Å². The summed E-state index contributed by atoms with van der Waals surface area (Å²) in [5.74, 6) is 1.51. The maximum atomic E-state index is 3.66. The van der Waals surface area contributed by atoms with Gasteiger partial charge in [0.05, 0.1) is 0 Å². The van der Waals surface area contributed by atoms with E-state index in [-0.39, 0.29) is 0 Å². The van der Waals surface area contributed by atoms with Crippen molar-refractivity contribution in [1.82, 2.24) is 5.32 Å². The summed E-state index contributed by atoms with van der Waals surface area (Å²) in [5, 5.41) is 3.66. The average Bonchev–Trinajstić information content (AvgIpc) is 2.27. The van der Waals surface area contributed by atoms with Gasteiger partial charge in [0.15, 0.2) is 0 Å². The zero-order valence-corrected chi connectivity index (χ0v) is 9.96. The Morgan fingerprint density at radius 2 is 1.80 bits per heavy atom. The maximum Gasteiger partial charge on any atom is 0.0211 e. The molecule has 0 spiro atoms. The molecule has 0 radical (unpaired) electrons. The van der Waals surface area contributed by atoms with Gasteiger partial charge in [-0.15, -0.1) is 0 Å². The van der Waals surface area contributed by atoms with Crippen LogP contribution in [0.25, 0.3) is 0 Å². The molecule has 1 aromatic carbocycles. The Balaban J connectivity index is 2.12. The van der Waals surface area contributed by atoms with Crippen LogP contribution in [0.2, 0.25) is 0 Å². The predicted octanol–water partition coefficient (Wildman–Crippen LogP) is 2.99. The van der Waals surface area contributed by atoms with Gasteiger partial charge in [0, 0.05) is 12.6 Å². The molecule has 15 heavy (non-hydrogen) atoms. The number of benzene rings is 1. The highest BCUT2D eigenvalue weighted by atomic mass is 14.9. The van der Waals surface area contributed by atoms with Crippen LogP contribution in [0.4, 0.5) is 0 Å². The maximum absolute atomic E-state index is 3.66. The van der Waals surface area contributed by atoms with Crippen LogP contribution >= 0.6 is 0 Å². The molecule has 1 aliphatic rings. The van der Waals surface area contributed by atoms with E-state index in [2.05, 4.69) is 50.4 Å². The Bertz CT molecular complexity index is 330. The third-order valence-electron chi connectivity index (χ3n) is 3.80. The van der Waals surface area contributed by atoms with Gasteiger partial charge in [-0.05, 0) is 29.4 Å². The molecule has 2 atom stereocenters. The summed E-state index contributed by atoms with van der Waals surface area (Å²) >= 11 is 0. The Hall–Kier alpha value is -0.820. The second-order valence-corrected chi connectivity index (χ2v) is 5.06. The third kappa shape index (κ3) is 2.23. The largest absolute Gasteiger partial charge is 0.309 e. The van der Waals surface area contributed by atoms with E-state index in [1.165, 1.54) is 17.5 Å². The monoisotopic (exact) mass is 203 g/mol. The Labute approximate surface area is 92.9 Å². The molecule has 0 aliphatic carbocycles. The van der Waals surface area contributed by atoms with Crippen LogP contribution < -0.4 is 5.32 Å². The molecular formula is C14H21N. The van der Waals surface area contributed by atoms with Gasteiger partial charge in [0.25, 0.3) is 0 Å². The van der Waals surface area contributed by atoms with Crippen molar-refractivity contribution in [3.8, 4) is 0 Å². The van der Waals surface area contributed by atoms with E-state index >= 15 is 0 Å². The summed E-state index contributed by atoms with van der Waals surface area (Å²) in [6, 6.07) is 9.45. The highest BCUT2D eigenvalue weighted by Gasteiger charge is 2.24. The quantitative estimate of drug-likeness (QED) is 0.779. The van der Waals surface area contributed by atoms with Crippen LogP contribution in [0.3, 0.4) is 0 Å². The highest BCUT2D eigenvalue weighted by molar-refractivity contribution is 5.30. The third-order valence-corrected chi connectivity index (χ3v) is 3.80. The summed E-state index contributed by atoms with van der Waals surface area (Å²) < 4.78 is 0. The molecule has 0 fully saturated rings. The van der Waals surface area contributed by atoms with Gasteiger partial charge in [-0.1, -0.05) is 45.0 Å². The van der Waals surface area contributed by atoms with E-state index in [1.54, 1.807) is 0 Å². The molecule has 1 aliphatic heterocycles. The van der Waals surface area contributed by atoms with Crippen molar-refractivity contribution < 1.29 is 0 Å². The predicted molar refractivity (Wildman–Crippen MR) is 64.8 cm³/mol.